The third-order valence-electron chi connectivity index (χ3n) is 1.36. The molecule has 0 aliphatic heterocycles. The van der Waals surface area contributed by atoms with Crippen molar-refractivity contribution in [3.63, 3.8) is 0 Å². The van der Waals surface area contributed by atoms with Gasteiger partial charge in [-0.1, -0.05) is 0 Å². The number of hydrogen-bond acceptors (Lipinski definition) is 4. The van der Waals surface area contributed by atoms with Crippen LogP contribution in [-0.2, 0) is 9.59 Å². The minimum Gasteiger partial charge on any atom is -0.481 e. The summed E-state index contributed by atoms with van der Waals surface area (Å²) in [5, 5.41) is 17.1. The van der Waals surface area contributed by atoms with Gasteiger partial charge in [0.1, 0.15) is 0 Å². The van der Waals surface area contributed by atoms with Crippen LogP contribution in [0.3, 0.4) is 0 Å². The van der Waals surface area contributed by atoms with Crippen molar-refractivity contribution in [1.29, 1.82) is 0 Å². The van der Waals surface area contributed by atoms with Gasteiger partial charge in [0.15, 0.2) is 0 Å². The van der Waals surface area contributed by atoms with Crippen LogP contribution in [0, 0.1) is 5.92 Å². The van der Waals surface area contributed by atoms with E-state index in [-0.39, 0.29) is 0 Å². The minimum atomic E-state index is -1.47. The number of carboxylic acid groups (broad SMARTS) is 1. The van der Waals surface area contributed by atoms with Gasteiger partial charge in [-0.3, -0.25) is 9.59 Å². The van der Waals surface area contributed by atoms with Crippen LogP contribution < -0.4 is 11.5 Å². The van der Waals surface area contributed by atoms with Crippen molar-refractivity contribution < 1.29 is 21.2 Å². The molecule has 70 valence electrons. The Hall–Kier alpha value is -1.14. The number of aliphatic carboxylic acids is 1. The number of carbonyl (C=O) groups is 2. The van der Waals surface area contributed by atoms with Crippen LogP contribution >= 0.6 is 0 Å². The van der Waals surface area contributed by atoms with Crippen molar-refractivity contribution in [1.82, 2.24) is 0 Å². The van der Waals surface area contributed by atoms with Crippen molar-refractivity contribution in [2.45, 2.75) is 12.4 Å². The van der Waals surface area contributed by atoms with Crippen LogP contribution in [0.4, 0.5) is 0 Å². The number of amides is 1. The van der Waals surface area contributed by atoms with Crippen LogP contribution in [0.2, 0.25) is 0 Å². The molecule has 0 rings (SSSR count). The van der Waals surface area contributed by atoms with Crippen LogP contribution in [0.1, 0.15) is 7.77 Å². The van der Waals surface area contributed by atoms with E-state index in [1.807, 2.05) is 0 Å². The summed E-state index contributed by atoms with van der Waals surface area (Å²) in [7, 11) is 0. The molecule has 6 nitrogen and oxygen atoms in total. The highest BCUT2D eigenvalue weighted by Crippen LogP contribution is 2.06. The fourth-order valence-corrected chi connectivity index (χ4v) is 0.692. The van der Waals surface area contributed by atoms with Crippen molar-refractivity contribution in [3.8, 4) is 0 Å². The van der Waals surface area contributed by atoms with Gasteiger partial charge in [-0.2, -0.15) is 0 Å². The van der Waals surface area contributed by atoms with Gasteiger partial charge >= 0.3 is 5.97 Å². The van der Waals surface area contributed by atoms with E-state index in [4.69, 9.17) is 23.1 Å². The monoisotopic (exact) mass is 177 g/mol. The Balaban J connectivity index is 4.60. The second kappa shape index (κ2) is 4.68. The van der Waals surface area contributed by atoms with Gasteiger partial charge in [0.05, 0.1) is 12.0 Å². The Kier molecular flexibility index (Phi) is 3.49. The molecule has 12 heavy (non-hydrogen) atoms. The summed E-state index contributed by atoms with van der Waals surface area (Å²) in [6.07, 6.45) is -1.35. The van der Waals surface area contributed by atoms with E-state index in [1.165, 1.54) is 0 Å². The zero-order valence-corrected chi connectivity index (χ0v) is 6.30. The summed E-state index contributed by atoms with van der Waals surface area (Å²) in [5.41, 5.74) is 9.93. The van der Waals surface area contributed by atoms with Gasteiger partial charge in [0.25, 0.3) is 0 Å². The van der Waals surface area contributed by atoms with Crippen molar-refractivity contribution in [3.05, 3.63) is 0 Å². The normalized spacial score (nSPS) is 19.0. The van der Waals surface area contributed by atoms with Gasteiger partial charge in [-0.25, -0.2) is 0 Å². The van der Waals surface area contributed by atoms with Crippen LogP contribution in [0.15, 0.2) is 0 Å². The van der Waals surface area contributed by atoms with E-state index in [2.05, 4.69) is 0 Å². The van der Waals surface area contributed by atoms with E-state index in [9.17, 15) is 9.59 Å². The molecule has 0 heterocycles. The summed E-state index contributed by atoms with van der Waals surface area (Å²) in [5.74, 6) is -3.89. The van der Waals surface area contributed by atoms with Crippen LogP contribution in [-0.4, -0.2) is 34.7 Å². The predicted molar refractivity (Wildman–Crippen MR) is 40.0 cm³/mol. The van der Waals surface area contributed by atoms with Crippen LogP contribution in [0.5, 0.6) is 0 Å². The Morgan fingerprint density at radius 2 is 2.08 bits per heavy atom. The molecule has 0 aromatic heterocycles. The van der Waals surface area contributed by atoms with E-state index >= 15 is 0 Å². The Morgan fingerprint density at radius 3 is 2.33 bits per heavy atom. The molecule has 0 aliphatic carbocycles. The quantitative estimate of drug-likeness (QED) is 0.382. The highest BCUT2D eigenvalue weighted by Gasteiger charge is 2.28. The lowest BCUT2D eigenvalue weighted by Crippen LogP contribution is -2.46. The van der Waals surface area contributed by atoms with E-state index in [0.29, 0.717) is 0 Å². The molecule has 6 heteroatoms. The standard InChI is InChI=1S/C6H12N2O4/c7-4(5(8)10)3(1-2-9)6(11)12/h3-4,9H,1-2,7H2,(H2,8,10)(H,11,12)/t3?,4-/m0/s1/i1D/t1?,3?,4-. The Labute approximate surface area is 70.6 Å². The van der Waals surface area contributed by atoms with Crippen molar-refractivity contribution in [2.24, 2.45) is 17.4 Å². The third-order valence-corrected chi connectivity index (χ3v) is 1.36. The lowest BCUT2D eigenvalue weighted by atomic mass is 9.97. The first-order valence-electron chi connectivity index (χ1n) is 3.80. The van der Waals surface area contributed by atoms with E-state index in [0.717, 1.165) is 0 Å². The Bertz CT molecular complexity index is 211. The minimum absolute atomic E-state index is 0.683. The molecular weight excluding hydrogens is 164 g/mol. The lowest BCUT2D eigenvalue weighted by molar-refractivity contribution is -0.145. The zero-order valence-electron chi connectivity index (χ0n) is 7.30. The summed E-state index contributed by atoms with van der Waals surface area (Å²) in [6.45, 7) is -0.683. The van der Waals surface area contributed by atoms with Gasteiger partial charge in [-0.05, 0) is 6.40 Å². The second-order valence-corrected chi connectivity index (χ2v) is 2.21. The van der Waals surface area contributed by atoms with Gasteiger partial charge in [-0.15, -0.1) is 0 Å². The van der Waals surface area contributed by atoms with Crippen LogP contribution in [0.25, 0.3) is 0 Å². The number of aliphatic hydroxyl groups is 1. The lowest BCUT2D eigenvalue weighted by Gasteiger charge is -2.15. The largest absolute Gasteiger partial charge is 0.481 e. The summed E-state index contributed by atoms with van der Waals surface area (Å²) >= 11 is 0. The molecule has 0 radical (unpaired) electrons. The first-order valence-corrected chi connectivity index (χ1v) is 3.22. The highest BCUT2D eigenvalue weighted by atomic mass is 16.4. The SMILES string of the molecule is [2H]C(CO)C(C(=O)O)[C@H](N)C(N)=O. The molecule has 2 unspecified atom stereocenters. The summed E-state index contributed by atoms with van der Waals surface area (Å²) < 4.78 is 7.11. The molecule has 0 aromatic carbocycles. The Morgan fingerprint density at radius 1 is 1.58 bits per heavy atom. The second-order valence-electron chi connectivity index (χ2n) is 2.21. The average Bonchev–Trinajstić information content (AvgIpc) is 2.03. The molecule has 0 aromatic rings. The molecular formula is C6H12N2O4. The van der Waals surface area contributed by atoms with Gasteiger partial charge < -0.3 is 21.7 Å². The number of carbonyl (C=O) groups excluding carboxylic acids is 1. The average molecular weight is 177 g/mol. The molecule has 0 bridgehead atoms. The maximum absolute atomic E-state index is 10.5. The number of carboxylic acids is 1. The van der Waals surface area contributed by atoms with E-state index in [1.54, 1.807) is 0 Å². The fraction of sp³-hybridized carbons (Fsp3) is 0.667. The number of primary amides is 1. The van der Waals surface area contributed by atoms with Crippen molar-refractivity contribution >= 4 is 11.9 Å². The van der Waals surface area contributed by atoms with Gasteiger partial charge in [0, 0.05) is 7.98 Å². The number of nitrogens with two attached hydrogens (primary N) is 2. The maximum Gasteiger partial charge on any atom is 0.308 e. The first-order chi connectivity index (χ1) is 5.91. The predicted octanol–water partition coefficient (Wildman–Crippen LogP) is -2.12. The third kappa shape index (κ3) is 2.85. The molecule has 6 N–H and O–H groups in total. The highest BCUT2D eigenvalue weighted by molar-refractivity contribution is 5.86. The smallest absolute Gasteiger partial charge is 0.308 e. The van der Waals surface area contributed by atoms with Gasteiger partial charge in [0.2, 0.25) is 5.91 Å². The maximum atomic E-state index is 10.5. The van der Waals surface area contributed by atoms with E-state index < -0.39 is 36.8 Å². The molecule has 0 saturated heterocycles. The topological polar surface area (TPSA) is 127 Å². The number of hydrogen-bond donors (Lipinski definition) is 4. The zero-order chi connectivity index (χ0) is 10.6. The summed E-state index contributed by atoms with van der Waals surface area (Å²) in [4.78, 5) is 21.1. The summed E-state index contributed by atoms with van der Waals surface area (Å²) in [6, 6.07) is -1.45. The number of aliphatic hydroxyl groups excluding tert-OH is 1. The van der Waals surface area contributed by atoms with Crippen molar-refractivity contribution in [2.75, 3.05) is 6.61 Å². The fourth-order valence-electron chi connectivity index (χ4n) is 0.692. The molecule has 0 saturated carbocycles. The molecule has 0 fully saturated rings. The molecule has 3 atom stereocenters. The molecule has 0 aliphatic rings. The number of rotatable bonds is 5. The molecule has 0 spiro atoms. The molecule has 1 amide bonds. The first kappa shape index (κ1) is 8.95.